The van der Waals surface area contributed by atoms with E-state index >= 15 is 0 Å². The Morgan fingerprint density at radius 3 is 3.00 bits per heavy atom. The van der Waals surface area contributed by atoms with Crippen LogP contribution < -0.4 is 10.5 Å². The quantitative estimate of drug-likeness (QED) is 0.898. The minimum absolute atomic E-state index is 0.0869. The molecular formula is C14H16N2O2S. The fourth-order valence-corrected chi connectivity index (χ4v) is 3.91. The minimum atomic E-state index is -0.146. The summed E-state index contributed by atoms with van der Waals surface area (Å²) in [6, 6.07) is 6.13. The second-order valence-corrected chi connectivity index (χ2v) is 6.05. The van der Waals surface area contributed by atoms with E-state index in [9.17, 15) is 4.79 Å². The number of amidine groups is 1. The van der Waals surface area contributed by atoms with Gasteiger partial charge in [0.25, 0.3) is 5.91 Å². The summed E-state index contributed by atoms with van der Waals surface area (Å²) in [5, 5.41) is 0.253. The van der Waals surface area contributed by atoms with Crippen LogP contribution in [0.2, 0.25) is 0 Å². The van der Waals surface area contributed by atoms with Crippen molar-refractivity contribution in [2.75, 3.05) is 7.11 Å². The van der Waals surface area contributed by atoms with Crippen molar-refractivity contribution in [3.63, 3.8) is 0 Å². The number of carbonyl (C=O) groups excluding carboxylic acids is 1. The van der Waals surface area contributed by atoms with Crippen molar-refractivity contribution >= 4 is 22.8 Å². The van der Waals surface area contributed by atoms with Gasteiger partial charge in [-0.2, -0.15) is 4.99 Å². The number of hydrogen-bond acceptors (Lipinski definition) is 4. The lowest BCUT2D eigenvalue weighted by atomic mass is 9.80. The van der Waals surface area contributed by atoms with E-state index in [0.717, 1.165) is 25.0 Å². The molecule has 1 aliphatic heterocycles. The Balaban J connectivity index is 1.93. The molecule has 0 saturated heterocycles. The average molecular weight is 276 g/mol. The maximum atomic E-state index is 11.9. The second-order valence-electron chi connectivity index (χ2n) is 4.89. The summed E-state index contributed by atoms with van der Waals surface area (Å²) >= 11 is 1.40. The number of hydrogen-bond donors (Lipinski definition) is 1. The Morgan fingerprint density at radius 1 is 1.47 bits per heavy atom. The molecule has 2 atom stereocenters. The molecule has 1 amide bonds. The Morgan fingerprint density at radius 2 is 2.32 bits per heavy atom. The SMILES string of the molecule is COc1ccc2c(c1)CCC[C@H]2C1SC(N)=NC1=O. The fourth-order valence-electron chi connectivity index (χ4n) is 2.90. The van der Waals surface area contributed by atoms with Gasteiger partial charge in [0.15, 0.2) is 5.17 Å². The molecule has 4 nitrogen and oxygen atoms in total. The van der Waals surface area contributed by atoms with Crippen molar-refractivity contribution in [2.45, 2.75) is 30.4 Å². The van der Waals surface area contributed by atoms with Crippen LogP contribution in [-0.4, -0.2) is 23.4 Å². The molecule has 2 aliphatic rings. The largest absolute Gasteiger partial charge is 0.497 e. The van der Waals surface area contributed by atoms with Crippen molar-refractivity contribution in [1.29, 1.82) is 0 Å². The van der Waals surface area contributed by atoms with Crippen molar-refractivity contribution in [1.82, 2.24) is 0 Å². The summed E-state index contributed by atoms with van der Waals surface area (Å²) in [6.07, 6.45) is 3.16. The van der Waals surface area contributed by atoms with E-state index in [2.05, 4.69) is 17.1 Å². The van der Waals surface area contributed by atoms with E-state index in [4.69, 9.17) is 10.5 Å². The number of amides is 1. The normalized spacial score (nSPS) is 25.9. The van der Waals surface area contributed by atoms with Gasteiger partial charge in [0.1, 0.15) is 11.0 Å². The highest BCUT2D eigenvalue weighted by Gasteiger charge is 2.37. The van der Waals surface area contributed by atoms with Crippen molar-refractivity contribution < 1.29 is 9.53 Å². The molecule has 3 rings (SSSR count). The van der Waals surface area contributed by atoms with Crippen LogP contribution in [0.25, 0.3) is 0 Å². The highest BCUT2D eigenvalue weighted by Crippen LogP contribution is 2.42. The van der Waals surface area contributed by atoms with E-state index in [0.29, 0.717) is 5.17 Å². The molecule has 0 spiro atoms. The molecule has 0 aromatic heterocycles. The summed E-state index contributed by atoms with van der Waals surface area (Å²) in [5.41, 5.74) is 8.20. The molecule has 0 fully saturated rings. The molecular weight excluding hydrogens is 260 g/mol. The van der Waals surface area contributed by atoms with Crippen LogP contribution in [0.15, 0.2) is 23.2 Å². The molecule has 5 heteroatoms. The van der Waals surface area contributed by atoms with Gasteiger partial charge in [-0.1, -0.05) is 17.8 Å². The van der Waals surface area contributed by atoms with Gasteiger partial charge >= 0.3 is 0 Å². The summed E-state index contributed by atoms with van der Waals surface area (Å²) in [5.74, 6) is 1.01. The van der Waals surface area contributed by atoms with Gasteiger partial charge in [-0.25, -0.2) is 0 Å². The number of methoxy groups -OCH3 is 1. The summed E-state index contributed by atoms with van der Waals surface area (Å²) in [7, 11) is 1.67. The Kier molecular flexibility index (Phi) is 3.22. The van der Waals surface area contributed by atoms with Crippen molar-refractivity contribution in [2.24, 2.45) is 10.7 Å². The third kappa shape index (κ3) is 2.23. The van der Waals surface area contributed by atoms with Gasteiger partial charge in [0.2, 0.25) is 0 Å². The van der Waals surface area contributed by atoms with Crippen LogP contribution >= 0.6 is 11.8 Å². The molecule has 1 aromatic rings. The first kappa shape index (κ1) is 12.5. The lowest BCUT2D eigenvalue weighted by Crippen LogP contribution is -2.25. The predicted octanol–water partition coefficient (Wildman–Crippen LogP) is 2.07. The molecule has 0 radical (unpaired) electrons. The first-order valence-electron chi connectivity index (χ1n) is 6.40. The van der Waals surface area contributed by atoms with E-state index in [1.807, 2.05) is 6.07 Å². The number of carbonyl (C=O) groups is 1. The van der Waals surface area contributed by atoms with Crippen LogP contribution in [0.3, 0.4) is 0 Å². The smallest absolute Gasteiger partial charge is 0.262 e. The van der Waals surface area contributed by atoms with E-state index in [1.54, 1.807) is 7.11 Å². The number of ether oxygens (including phenoxy) is 1. The zero-order chi connectivity index (χ0) is 13.4. The van der Waals surface area contributed by atoms with Gasteiger partial charge in [-0.3, -0.25) is 4.79 Å². The fraction of sp³-hybridized carbons (Fsp3) is 0.429. The van der Waals surface area contributed by atoms with Gasteiger partial charge in [-0.05, 0) is 42.5 Å². The average Bonchev–Trinajstić information content (AvgIpc) is 2.76. The summed E-state index contributed by atoms with van der Waals surface area (Å²) in [6.45, 7) is 0. The second kappa shape index (κ2) is 4.89. The highest BCUT2D eigenvalue weighted by molar-refractivity contribution is 8.15. The standard InChI is InChI=1S/C14H16N2O2S/c1-18-9-5-6-10-8(7-9)3-2-4-11(10)12-13(17)16-14(15)19-12/h5-7,11-12H,2-4H2,1H3,(H2,15,16,17)/t11-,12?/m1/s1. The number of fused-ring (bicyclic) bond motifs is 1. The number of rotatable bonds is 2. The van der Waals surface area contributed by atoms with Gasteiger partial charge in [-0.15, -0.1) is 0 Å². The summed E-state index contributed by atoms with van der Waals surface area (Å²) < 4.78 is 5.26. The van der Waals surface area contributed by atoms with Crippen molar-refractivity contribution in [3.05, 3.63) is 29.3 Å². The van der Waals surface area contributed by atoms with Crippen LogP contribution in [-0.2, 0) is 11.2 Å². The van der Waals surface area contributed by atoms with E-state index < -0.39 is 0 Å². The monoisotopic (exact) mass is 276 g/mol. The van der Waals surface area contributed by atoms with Crippen LogP contribution in [0, 0.1) is 0 Å². The van der Waals surface area contributed by atoms with Gasteiger partial charge < -0.3 is 10.5 Å². The molecule has 1 aromatic carbocycles. The number of nitrogens with two attached hydrogens (primary N) is 1. The molecule has 100 valence electrons. The molecule has 1 unspecified atom stereocenters. The lowest BCUT2D eigenvalue weighted by molar-refractivity contribution is -0.117. The maximum absolute atomic E-state index is 11.9. The maximum Gasteiger partial charge on any atom is 0.262 e. The van der Waals surface area contributed by atoms with Crippen LogP contribution in [0.1, 0.15) is 29.9 Å². The molecule has 19 heavy (non-hydrogen) atoms. The first-order chi connectivity index (χ1) is 9.19. The van der Waals surface area contributed by atoms with E-state index in [-0.39, 0.29) is 17.1 Å². The molecule has 2 N–H and O–H groups in total. The van der Waals surface area contributed by atoms with Crippen LogP contribution in [0.4, 0.5) is 0 Å². The van der Waals surface area contributed by atoms with Crippen molar-refractivity contribution in [3.8, 4) is 5.75 Å². The Labute approximate surface area is 116 Å². The number of nitrogens with zero attached hydrogens (tertiary/aromatic N) is 1. The molecule has 1 heterocycles. The van der Waals surface area contributed by atoms with Gasteiger partial charge in [0, 0.05) is 5.92 Å². The zero-order valence-electron chi connectivity index (χ0n) is 10.8. The minimum Gasteiger partial charge on any atom is -0.497 e. The number of aliphatic imine (C=N–C) groups is 1. The topological polar surface area (TPSA) is 64.7 Å². The molecule has 0 saturated carbocycles. The molecule has 0 bridgehead atoms. The first-order valence-corrected chi connectivity index (χ1v) is 7.28. The van der Waals surface area contributed by atoms with Crippen LogP contribution in [0.5, 0.6) is 5.75 Å². The lowest BCUT2D eigenvalue weighted by Gasteiger charge is -2.28. The molecule has 1 aliphatic carbocycles. The predicted molar refractivity (Wildman–Crippen MR) is 76.7 cm³/mol. The third-order valence-corrected chi connectivity index (χ3v) is 4.90. The highest BCUT2D eigenvalue weighted by atomic mass is 32.2. The van der Waals surface area contributed by atoms with E-state index in [1.165, 1.54) is 22.9 Å². The Bertz CT molecular complexity index is 556. The third-order valence-electron chi connectivity index (χ3n) is 3.79. The van der Waals surface area contributed by atoms with Gasteiger partial charge in [0.05, 0.1) is 7.11 Å². The number of thioether (sulfide) groups is 1. The Hall–Kier alpha value is -1.49. The zero-order valence-corrected chi connectivity index (χ0v) is 11.6. The number of aryl methyl sites for hydroxylation is 1. The summed E-state index contributed by atoms with van der Waals surface area (Å²) in [4.78, 5) is 15.7. The number of benzene rings is 1.